The van der Waals surface area contributed by atoms with Crippen LogP contribution in [0.3, 0.4) is 0 Å². The summed E-state index contributed by atoms with van der Waals surface area (Å²) in [6.45, 7) is 11.1. The van der Waals surface area contributed by atoms with Crippen LogP contribution < -0.4 is 0 Å². The van der Waals surface area contributed by atoms with Gasteiger partial charge in [-0.2, -0.15) is 0 Å². The van der Waals surface area contributed by atoms with E-state index in [9.17, 15) is 9.90 Å². The van der Waals surface area contributed by atoms with Crippen molar-refractivity contribution in [2.45, 2.75) is 90.1 Å². The van der Waals surface area contributed by atoms with Gasteiger partial charge in [0.1, 0.15) is 11.5 Å². The maximum atomic E-state index is 12.3. The first-order valence-electron chi connectivity index (χ1n) is 17.7. The van der Waals surface area contributed by atoms with E-state index in [1.807, 2.05) is 0 Å². The Hall–Kier alpha value is -3.15. The molecule has 11 unspecified atom stereocenters. The molecule has 5 heteroatoms. The summed E-state index contributed by atoms with van der Waals surface area (Å²) in [6, 6.07) is 0. The first-order valence-corrected chi connectivity index (χ1v) is 17.7. The van der Waals surface area contributed by atoms with Crippen molar-refractivity contribution in [2.24, 2.45) is 47.3 Å². The topological polar surface area (TPSA) is 65.0 Å². The lowest BCUT2D eigenvalue weighted by molar-refractivity contribution is -0.194. The summed E-state index contributed by atoms with van der Waals surface area (Å²) in [5, 5.41) is 10.3. The van der Waals surface area contributed by atoms with Crippen LogP contribution in [0.1, 0.15) is 71.6 Å². The number of esters is 1. The van der Waals surface area contributed by atoms with Gasteiger partial charge in [-0.1, -0.05) is 55.7 Å². The summed E-state index contributed by atoms with van der Waals surface area (Å²) >= 11 is 0. The number of fused-ring (bicyclic) bond motifs is 6. The first kappa shape index (κ1) is 31.4. The maximum Gasteiger partial charge on any atom is 0.338 e. The van der Waals surface area contributed by atoms with Crippen molar-refractivity contribution in [3.8, 4) is 0 Å². The lowest BCUT2D eigenvalue weighted by Gasteiger charge is -2.58. The van der Waals surface area contributed by atoms with E-state index in [2.05, 4.69) is 73.9 Å². The van der Waals surface area contributed by atoms with Crippen molar-refractivity contribution in [3.63, 3.8) is 0 Å². The summed E-state index contributed by atoms with van der Waals surface area (Å²) in [4.78, 5) is 12.3. The lowest BCUT2D eigenvalue weighted by Crippen LogP contribution is -2.58. The molecule has 5 nitrogen and oxygen atoms in total. The summed E-state index contributed by atoms with van der Waals surface area (Å²) in [5.41, 5.74) is 3.83. The Morgan fingerprint density at radius 3 is 2.52 bits per heavy atom. The average Bonchev–Trinajstić information content (AvgIpc) is 3.07. The quantitative estimate of drug-likeness (QED) is 0.133. The third-order valence-electron chi connectivity index (χ3n) is 11.8. The van der Waals surface area contributed by atoms with Crippen LogP contribution in [0.25, 0.3) is 0 Å². The third kappa shape index (κ3) is 6.13. The molecule has 0 bridgehead atoms. The van der Waals surface area contributed by atoms with Gasteiger partial charge in [0, 0.05) is 17.9 Å². The second-order valence-corrected chi connectivity index (χ2v) is 14.8. The zero-order valence-corrected chi connectivity index (χ0v) is 27.5. The Morgan fingerprint density at radius 1 is 0.935 bits per heavy atom. The van der Waals surface area contributed by atoms with E-state index in [1.165, 1.54) is 30.4 Å². The smallest absolute Gasteiger partial charge is 0.338 e. The number of hydrogen-bond acceptors (Lipinski definition) is 5. The molecule has 1 saturated heterocycles. The lowest BCUT2D eigenvalue weighted by atomic mass is 9.52. The fourth-order valence-corrected chi connectivity index (χ4v) is 9.61. The molecule has 2 fully saturated rings. The van der Waals surface area contributed by atoms with Crippen LogP contribution in [0.15, 0.2) is 108 Å². The highest BCUT2D eigenvalue weighted by Crippen LogP contribution is 2.58. The maximum absolute atomic E-state index is 12.3. The molecule has 0 amide bonds. The van der Waals surface area contributed by atoms with Crippen LogP contribution in [0.5, 0.6) is 0 Å². The van der Waals surface area contributed by atoms with Gasteiger partial charge in [-0.3, -0.25) is 0 Å². The monoisotopic (exact) mass is 622 g/mol. The molecular weight excluding hydrogens is 572 g/mol. The van der Waals surface area contributed by atoms with Gasteiger partial charge in [-0.25, -0.2) is 4.79 Å². The summed E-state index contributed by atoms with van der Waals surface area (Å²) in [7, 11) is 0. The van der Waals surface area contributed by atoms with Gasteiger partial charge in [-0.15, -0.1) is 0 Å². The summed E-state index contributed by atoms with van der Waals surface area (Å²) in [6.07, 6.45) is 32.5. The molecule has 1 saturated carbocycles. The van der Waals surface area contributed by atoms with Gasteiger partial charge in [0.2, 0.25) is 6.29 Å². The minimum atomic E-state index is -0.992. The number of allylic oxidation sites excluding steroid dienone is 12. The molecule has 0 radical (unpaired) electrons. The van der Waals surface area contributed by atoms with E-state index in [0.29, 0.717) is 58.5 Å². The Labute approximate surface area is 274 Å². The van der Waals surface area contributed by atoms with E-state index in [4.69, 9.17) is 14.2 Å². The third-order valence-corrected chi connectivity index (χ3v) is 11.8. The predicted molar refractivity (Wildman–Crippen MR) is 181 cm³/mol. The van der Waals surface area contributed by atoms with Crippen molar-refractivity contribution >= 4 is 5.97 Å². The molecule has 244 valence electrons. The van der Waals surface area contributed by atoms with Crippen LogP contribution in [0, 0.1) is 47.3 Å². The number of carbonyl (C=O) groups excluding carboxylic acids is 1. The van der Waals surface area contributed by atoms with Gasteiger partial charge in [0.05, 0.1) is 12.2 Å². The molecule has 7 rings (SSSR count). The molecule has 1 aliphatic heterocycles. The molecule has 0 spiro atoms. The minimum absolute atomic E-state index is 0.206. The molecule has 0 aromatic carbocycles. The second kappa shape index (κ2) is 13.2. The van der Waals surface area contributed by atoms with Crippen molar-refractivity contribution in [1.82, 2.24) is 0 Å². The van der Waals surface area contributed by atoms with Crippen LogP contribution in [-0.4, -0.2) is 29.6 Å². The SMILES string of the molecule is C=C(C)C(=O)OC1=CC2=CCC3OC4CCC5C=C(OC(O)C(=C)C)C=CC5C4C(C4C=CC(C5C=CCCC5)=CC4)C3C2CC1. The fraction of sp³-hybridized carbons (Fsp3) is 0.537. The van der Waals surface area contributed by atoms with Crippen LogP contribution in [0.2, 0.25) is 0 Å². The highest BCUT2D eigenvalue weighted by atomic mass is 16.6. The van der Waals surface area contributed by atoms with Gasteiger partial charge < -0.3 is 19.3 Å². The van der Waals surface area contributed by atoms with Crippen LogP contribution in [-0.2, 0) is 19.0 Å². The normalized spacial score (nSPS) is 38.3. The molecule has 1 heterocycles. The van der Waals surface area contributed by atoms with Gasteiger partial charge in [0.15, 0.2) is 0 Å². The largest absolute Gasteiger partial charge is 0.462 e. The van der Waals surface area contributed by atoms with Gasteiger partial charge >= 0.3 is 5.97 Å². The fourth-order valence-electron chi connectivity index (χ4n) is 9.61. The molecule has 1 N–H and O–H groups in total. The Kier molecular flexibility index (Phi) is 9.00. The molecular formula is C41H50O5. The van der Waals surface area contributed by atoms with Crippen LogP contribution in [0.4, 0.5) is 0 Å². The van der Waals surface area contributed by atoms with E-state index in [-0.39, 0.29) is 18.2 Å². The van der Waals surface area contributed by atoms with E-state index < -0.39 is 6.29 Å². The van der Waals surface area contributed by atoms with E-state index in [0.717, 1.165) is 50.0 Å². The highest BCUT2D eigenvalue weighted by molar-refractivity contribution is 5.87. The van der Waals surface area contributed by atoms with Crippen molar-refractivity contribution < 1.29 is 24.1 Å². The molecule has 0 aromatic rings. The standard InChI is InChI=1S/C41H50O5/c1-24(2)40(42)44-31-16-18-33-29(22-31)14-20-35-38(33)37(28-12-10-27(11-13-28)26-8-6-5-7-9-26)39-34-19-17-32(45-41(43)25(3)4)23-30(34)15-21-36(39)46-35/h6,8,10-12,14,17,19,22-23,26,28,30,33-39,41,43H,1,3,5,7,9,13,15-16,18,20-21H2,2,4H3. The molecule has 0 aromatic heterocycles. The number of carbonyl (C=O) groups is 1. The summed E-state index contributed by atoms with van der Waals surface area (Å²) < 4.78 is 18.7. The van der Waals surface area contributed by atoms with Crippen molar-refractivity contribution in [2.75, 3.05) is 0 Å². The number of rotatable bonds is 7. The Morgan fingerprint density at radius 2 is 1.78 bits per heavy atom. The summed E-state index contributed by atoms with van der Waals surface area (Å²) in [5.74, 6) is 4.51. The average molecular weight is 623 g/mol. The molecule has 46 heavy (non-hydrogen) atoms. The molecule has 6 aliphatic carbocycles. The Bertz CT molecular complexity index is 1470. The highest BCUT2D eigenvalue weighted by Gasteiger charge is 2.56. The number of ether oxygens (including phenoxy) is 3. The Balaban J connectivity index is 1.20. The van der Waals surface area contributed by atoms with E-state index in [1.54, 1.807) is 13.8 Å². The number of aliphatic hydroxyl groups excluding tert-OH is 1. The first-order chi connectivity index (χ1) is 22.3. The molecule has 7 aliphatic rings. The predicted octanol–water partition coefficient (Wildman–Crippen LogP) is 8.60. The van der Waals surface area contributed by atoms with Crippen LogP contribution >= 0.6 is 0 Å². The van der Waals surface area contributed by atoms with Crippen molar-refractivity contribution in [1.29, 1.82) is 0 Å². The molecule has 11 atom stereocenters. The minimum Gasteiger partial charge on any atom is -0.462 e. The number of aliphatic hydroxyl groups is 1. The van der Waals surface area contributed by atoms with Gasteiger partial charge in [-0.05, 0) is 142 Å². The zero-order valence-electron chi connectivity index (χ0n) is 27.5. The second-order valence-electron chi connectivity index (χ2n) is 14.8. The van der Waals surface area contributed by atoms with E-state index >= 15 is 0 Å². The van der Waals surface area contributed by atoms with Crippen molar-refractivity contribution in [3.05, 3.63) is 108 Å². The zero-order chi connectivity index (χ0) is 31.9. The number of hydrogen-bond donors (Lipinski definition) is 1. The van der Waals surface area contributed by atoms with Gasteiger partial charge in [0.25, 0.3) is 0 Å².